The standard InChI is InChI=1S/C19H16ClN3O3/c20-15-4-7-18-17(11-15)14(12-22-18)9-10-21-19(24)8-3-13-1-5-16(6-2-13)23(25)26/h1-8,11-12,22H,9-10H2,(H,21,24). The summed E-state index contributed by atoms with van der Waals surface area (Å²) in [7, 11) is 0. The van der Waals surface area contributed by atoms with Crippen molar-refractivity contribution in [3.8, 4) is 0 Å². The first-order valence-corrected chi connectivity index (χ1v) is 8.36. The molecular weight excluding hydrogens is 354 g/mol. The van der Waals surface area contributed by atoms with Crippen LogP contribution in [-0.4, -0.2) is 22.4 Å². The number of carbonyl (C=O) groups excluding carboxylic acids is 1. The van der Waals surface area contributed by atoms with Gasteiger partial charge in [-0.05, 0) is 54.0 Å². The van der Waals surface area contributed by atoms with Crippen LogP contribution in [0, 0.1) is 10.1 Å². The highest BCUT2D eigenvalue weighted by atomic mass is 35.5. The quantitative estimate of drug-likeness (QED) is 0.389. The largest absolute Gasteiger partial charge is 0.361 e. The average molecular weight is 370 g/mol. The Morgan fingerprint density at radius 1 is 1.23 bits per heavy atom. The van der Waals surface area contributed by atoms with Gasteiger partial charge in [0.2, 0.25) is 5.91 Å². The molecule has 0 unspecified atom stereocenters. The lowest BCUT2D eigenvalue weighted by Gasteiger charge is -2.02. The van der Waals surface area contributed by atoms with Gasteiger partial charge in [-0.2, -0.15) is 0 Å². The van der Waals surface area contributed by atoms with Crippen LogP contribution in [0.2, 0.25) is 5.02 Å². The van der Waals surface area contributed by atoms with E-state index in [1.165, 1.54) is 18.2 Å². The number of aromatic amines is 1. The normalized spacial score (nSPS) is 11.1. The van der Waals surface area contributed by atoms with Crippen molar-refractivity contribution in [3.63, 3.8) is 0 Å². The zero-order valence-electron chi connectivity index (χ0n) is 13.7. The third kappa shape index (κ3) is 4.29. The number of carbonyl (C=O) groups is 1. The van der Waals surface area contributed by atoms with Crippen LogP contribution < -0.4 is 5.32 Å². The van der Waals surface area contributed by atoms with Crippen LogP contribution in [0.3, 0.4) is 0 Å². The van der Waals surface area contributed by atoms with Crippen LogP contribution in [-0.2, 0) is 11.2 Å². The average Bonchev–Trinajstić information content (AvgIpc) is 3.02. The molecule has 2 N–H and O–H groups in total. The number of aromatic nitrogens is 1. The van der Waals surface area contributed by atoms with Crippen molar-refractivity contribution in [2.24, 2.45) is 0 Å². The molecule has 0 aliphatic rings. The van der Waals surface area contributed by atoms with Crippen molar-refractivity contribution in [2.45, 2.75) is 6.42 Å². The van der Waals surface area contributed by atoms with Gasteiger partial charge in [0.15, 0.2) is 0 Å². The van der Waals surface area contributed by atoms with E-state index in [1.807, 2.05) is 24.4 Å². The topological polar surface area (TPSA) is 88.0 Å². The molecule has 3 rings (SSSR count). The number of nitrogens with zero attached hydrogens (tertiary/aromatic N) is 1. The van der Waals surface area contributed by atoms with Gasteiger partial charge in [0.25, 0.3) is 5.69 Å². The van der Waals surface area contributed by atoms with E-state index in [0.717, 1.165) is 22.0 Å². The fourth-order valence-electron chi connectivity index (χ4n) is 2.62. The lowest BCUT2D eigenvalue weighted by atomic mass is 10.1. The summed E-state index contributed by atoms with van der Waals surface area (Å²) in [6.45, 7) is 0.489. The highest BCUT2D eigenvalue weighted by Gasteiger charge is 2.05. The van der Waals surface area contributed by atoms with E-state index >= 15 is 0 Å². The molecule has 0 saturated carbocycles. The van der Waals surface area contributed by atoms with Gasteiger partial charge in [-0.15, -0.1) is 0 Å². The maximum Gasteiger partial charge on any atom is 0.269 e. The number of benzene rings is 2. The van der Waals surface area contributed by atoms with E-state index in [-0.39, 0.29) is 11.6 Å². The predicted octanol–water partition coefficient (Wildman–Crippen LogP) is 4.10. The molecule has 0 fully saturated rings. The van der Waals surface area contributed by atoms with E-state index in [4.69, 9.17) is 11.6 Å². The summed E-state index contributed by atoms with van der Waals surface area (Å²) < 4.78 is 0. The molecule has 0 radical (unpaired) electrons. The SMILES string of the molecule is O=C(C=Cc1ccc([N+](=O)[O-])cc1)NCCc1c[nH]c2ccc(Cl)cc12. The summed E-state index contributed by atoms with van der Waals surface area (Å²) in [6, 6.07) is 11.6. The van der Waals surface area contributed by atoms with Crippen LogP contribution >= 0.6 is 11.6 Å². The van der Waals surface area contributed by atoms with Gasteiger partial charge >= 0.3 is 0 Å². The Labute approximate surface area is 154 Å². The van der Waals surface area contributed by atoms with Crippen LogP contribution in [0.15, 0.2) is 54.7 Å². The highest BCUT2D eigenvalue weighted by molar-refractivity contribution is 6.31. The van der Waals surface area contributed by atoms with E-state index in [2.05, 4.69) is 10.3 Å². The second kappa shape index (κ2) is 7.84. The van der Waals surface area contributed by atoms with Crippen molar-refractivity contribution >= 4 is 40.2 Å². The number of H-pyrrole nitrogens is 1. The Kier molecular flexibility index (Phi) is 5.34. The number of fused-ring (bicyclic) bond motifs is 1. The van der Waals surface area contributed by atoms with Crippen molar-refractivity contribution in [1.29, 1.82) is 0 Å². The Bertz CT molecular complexity index is 977. The lowest BCUT2D eigenvalue weighted by Crippen LogP contribution is -2.23. The Morgan fingerprint density at radius 3 is 2.73 bits per heavy atom. The summed E-state index contributed by atoms with van der Waals surface area (Å²) in [5.41, 5.74) is 2.83. The minimum absolute atomic E-state index is 0.0189. The summed E-state index contributed by atoms with van der Waals surface area (Å²) in [5.74, 6) is -0.221. The molecule has 1 amide bonds. The maximum atomic E-state index is 11.9. The molecule has 0 bridgehead atoms. The molecule has 0 atom stereocenters. The maximum absolute atomic E-state index is 11.9. The number of amides is 1. The van der Waals surface area contributed by atoms with E-state index in [0.29, 0.717) is 18.0 Å². The van der Waals surface area contributed by atoms with Gasteiger partial charge in [0, 0.05) is 46.9 Å². The van der Waals surface area contributed by atoms with Gasteiger partial charge in [0.05, 0.1) is 4.92 Å². The Balaban J connectivity index is 1.53. The number of nitro benzene ring substituents is 1. The highest BCUT2D eigenvalue weighted by Crippen LogP contribution is 2.22. The third-order valence-electron chi connectivity index (χ3n) is 3.95. The van der Waals surface area contributed by atoms with Crippen LogP contribution in [0.4, 0.5) is 5.69 Å². The van der Waals surface area contributed by atoms with Crippen molar-refractivity contribution in [2.75, 3.05) is 6.54 Å². The van der Waals surface area contributed by atoms with Gasteiger partial charge in [-0.25, -0.2) is 0 Å². The molecule has 2 aromatic carbocycles. The molecule has 0 aliphatic carbocycles. The Morgan fingerprint density at radius 2 is 2.00 bits per heavy atom. The predicted molar refractivity (Wildman–Crippen MR) is 102 cm³/mol. The van der Waals surface area contributed by atoms with Gasteiger partial charge in [-0.3, -0.25) is 14.9 Å². The number of nitrogens with one attached hydrogen (secondary N) is 2. The van der Waals surface area contributed by atoms with Gasteiger partial charge in [0.1, 0.15) is 0 Å². The van der Waals surface area contributed by atoms with Crippen molar-refractivity contribution in [1.82, 2.24) is 10.3 Å². The number of nitro groups is 1. The van der Waals surface area contributed by atoms with Gasteiger partial charge in [-0.1, -0.05) is 11.6 Å². The summed E-state index contributed by atoms with van der Waals surface area (Å²) in [5, 5.41) is 15.2. The summed E-state index contributed by atoms with van der Waals surface area (Å²) in [4.78, 5) is 25.2. The molecule has 0 spiro atoms. The van der Waals surface area contributed by atoms with Gasteiger partial charge < -0.3 is 10.3 Å². The number of rotatable bonds is 6. The first-order chi connectivity index (χ1) is 12.5. The van der Waals surface area contributed by atoms with Crippen LogP contribution in [0.25, 0.3) is 17.0 Å². The monoisotopic (exact) mass is 369 g/mol. The smallest absolute Gasteiger partial charge is 0.269 e. The van der Waals surface area contributed by atoms with E-state index in [1.54, 1.807) is 18.2 Å². The zero-order chi connectivity index (χ0) is 18.5. The first-order valence-electron chi connectivity index (χ1n) is 7.99. The molecule has 1 aromatic heterocycles. The minimum atomic E-state index is -0.460. The number of non-ortho nitro benzene ring substituents is 1. The van der Waals surface area contributed by atoms with E-state index in [9.17, 15) is 14.9 Å². The number of hydrogen-bond acceptors (Lipinski definition) is 3. The number of halogens is 1. The first kappa shape index (κ1) is 17.7. The summed E-state index contributed by atoms with van der Waals surface area (Å²) in [6.07, 6.45) is 5.62. The molecule has 6 nitrogen and oxygen atoms in total. The number of hydrogen-bond donors (Lipinski definition) is 2. The molecule has 3 aromatic rings. The fourth-order valence-corrected chi connectivity index (χ4v) is 2.79. The molecule has 26 heavy (non-hydrogen) atoms. The lowest BCUT2D eigenvalue weighted by molar-refractivity contribution is -0.384. The molecule has 7 heteroatoms. The minimum Gasteiger partial charge on any atom is -0.361 e. The zero-order valence-corrected chi connectivity index (χ0v) is 14.5. The van der Waals surface area contributed by atoms with Crippen molar-refractivity contribution < 1.29 is 9.72 Å². The van der Waals surface area contributed by atoms with E-state index < -0.39 is 4.92 Å². The van der Waals surface area contributed by atoms with Crippen molar-refractivity contribution in [3.05, 3.63) is 81.0 Å². The third-order valence-corrected chi connectivity index (χ3v) is 4.19. The molecule has 132 valence electrons. The summed E-state index contributed by atoms with van der Waals surface area (Å²) >= 11 is 6.03. The van der Waals surface area contributed by atoms with Crippen LogP contribution in [0.5, 0.6) is 0 Å². The fraction of sp³-hybridized carbons (Fsp3) is 0.105. The molecular formula is C19H16ClN3O3. The second-order valence-corrected chi connectivity index (χ2v) is 6.16. The Hall–Kier alpha value is -3.12. The second-order valence-electron chi connectivity index (χ2n) is 5.73. The molecule has 1 heterocycles. The molecule has 0 aliphatic heterocycles. The molecule has 0 saturated heterocycles. The van der Waals surface area contributed by atoms with Crippen LogP contribution in [0.1, 0.15) is 11.1 Å².